The summed E-state index contributed by atoms with van der Waals surface area (Å²) in [6, 6.07) is -2.29. The Morgan fingerprint density at radius 2 is 1.83 bits per heavy atom. The summed E-state index contributed by atoms with van der Waals surface area (Å²) in [4.78, 5) is 33.2. The van der Waals surface area contributed by atoms with Gasteiger partial charge in [0.15, 0.2) is 0 Å². The molecule has 104 valence electrons. The molecule has 0 aliphatic carbocycles. The third kappa shape index (κ3) is 6.69. The molecule has 3 N–H and O–H groups in total. The lowest BCUT2D eigenvalue weighted by atomic mass is 10.2. The molecule has 0 aromatic heterocycles. The fourth-order valence-corrected chi connectivity index (χ4v) is 1.17. The molecule has 0 bridgehead atoms. The number of carboxylic acids is 1. The van der Waals surface area contributed by atoms with Crippen LogP contribution in [0.25, 0.3) is 0 Å². The molecule has 0 saturated heterocycles. The van der Waals surface area contributed by atoms with Crippen LogP contribution in [0.3, 0.4) is 0 Å². The van der Waals surface area contributed by atoms with E-state index in [4.69, 9.17) is 9.84 Å². The van der Waals surface area contributed by atoms with Gasteiger partial charge in [-0.3, -0.25) is 4.79 Å². The Morgan fingerprint density at radius 1 is 1.22 bits per heavy atom. The number of methoxy groups -OCH3 is 2. The van der Waals surface area contributed by atoms with Crippen molar-refractivity contribution in [2.24, 2.45) is 0 Å². The van der Waals surface area contributed by atoms with Gasteiger partial charge in [-0.25, -0.2) is 9.59 Å². The van der Waals surface area contributed by atoms with Crippen LogP contribution >= 0.6 is 0 Å². The second-order valence-corrected chi connectivity index (χ2v) is 3.65. The number of aliphatic carboxylic acids is 1. The van der Waals surface area contributed by atoms with Crippen LogP contribution in [0.1, 0.15) is 13.3 Å². The van der Waals surface area contributed by atoms with Crippen LogP contribution in [-0.4, -0.2) is 56.0 Å². The number of carbonyl (C=O) groups excluding carboxylic acids is 2. The van der Waals surface area contributed by atoms with Crippen molar-refractivity contribution in [1.82, 2.24) is 10.6 Å². The van der Waals surface area contributed by atoms with Crippen LogP contribution < -0.4 is 10.6 Å². The van der Waals surface area contributed by atoms with Crippen LogP contribution in [-0.2, 0) is 19.1 Å². The fraction of sp³-hybridized carbons (Fsp3) is 0.700. The number of rotatable bonds is 7. The van der Waals surface area contributed by atoms with Gasteiger partial charge in [0.05, 0.1) is 26.2 Å². The van der Waals surface area contributed by atoms with Gasteiger partial charge in [0.25, 0.3) is 0 Å². The number of amides is 2. The van der Waals surface area contributed by atoms with Gasteiger partial charge in [0, 0.05) is 7.11 Å². The van der Waals surface area contributed by atoms with E-state index in [-0.39, 0.29) is 6.04 Å². The highest BCUT2D eigenvalue weighted by atomic mass is 16.5. The van der Waals surface area contributed by atoms with Gasteiger partial charge in [-0.05, 0) is 6.92 Å². The van der Waals surface area contributed by atoms with E-state index < -0.39 is 30.4 Å². The molecule has 0 aliphatic rings. The number of carboxylic acid groups (broad SMARTS) is 1. The first kappa shape index (κ1) is 16.2. The molecule has 0 fully saturated rings. The van der Waals surface area contributed by atoms with E-state index >= 15 is 0 Å². The minimum Gasteiger partial charge on any atom is -0.480 e. The monoisotopic (exact) mass is 262 g/mol. The highest BCUT2D eigenvalue weighted by molar-refractivity contribution is 5.86. The van der Waals surface area contributed by atoms with Gasteiger partial charge in [-0.15, -0.1) is 0 Å². The molecule has 2 atom stereocenters. The van der Waals surface area contributed by atoms with Crippen LogP contribution in [0.5, 0.6) is 0 Å². The van der Waals surface area contributed by atoms with Crippen LogP contribution in [0.15, 0.2) is 0 Å². The Kier molecular flexibility index (Phi) is 7.45. The van der Waals surface area contributed by atoms with Crippen molar-refractivity contribution in [3.05, 3.63) is 0 Å². The molecule has 0 aliphatic heterocycles. The lowest BCUT2D eigenvalue weighted by Crippen LogP contribution is -2.50. The van der Waals surface area contributed by atoms with E-state index in [1.54, 1.807) is 6.92 Å². The molecular weight excluding hydrogens is 244 g/mol. The fourth-order valence-electron chi connectivity index (χ4n) is 1.17. The summed E-state index contributed by atoms with van der Waals surface area (Å²) >= 11 is 0. The summed E-state index contributed by atoms with van der Waals surface area (Å²) in [5.74, 6) is -2.03. The first-order valence-corrected chi connectivity index (χ1v) is 5.26. The minimum absolute atomic E-state index is 0.275. The molecule has 8 nitrogen and oxygen atoms in total. The molecular formula is C10H18N2O6. The van der Waals surface area contributed by atoms with Gasteiger partial charge < -0.3 is 25.2 Å². The predicted octanol–water partition coefficient (Wildman–Crippen LogP) is -0.663. The number of urea groups is 1. The minimum atomic E-state index is -1.33. The Labute approximate surface area is 105 Å². The number of nitrogens with one attached hydrogen (secondary N) is 2. The summed E-state index contributed by atoms with van der Waals surface area (Å²) in [5.41, 5.74) is 0. The van der Waals surface area contributed by atoms with Crippen molar-refractivity contribution in [3.63, 3.8) is 0 Å². The van der Waals surface area contributed by atoms with Crippen LogP contribution in [0, 0.1) is 0 Å². The van der Waals surface area contributed by atoms with Crippen molar-refractivity contribution in [2.45, 2.75) is 25.4 Å². The average Bonchev–Trinajstić information content (AvgIpc) is 2.27. The average molecular weight is 262 g/mol. The number of carbonyl (C=O) groups is 3. The third-order valence-corrected chi connectivity index (χ3v) is 2.00. The maximum absolute atomic E-state index is 11.4. The van der Waals surface area contributed by atoms with Crippen molar-refractivity contribution in [2.75, 3.05) is 20.8 Å². The molecule has 0 radical (unpaired) electrons. The van der Waals surface area contributed by atoms with Crippen LogP contribution in [0.4, 0.5) is 4.79 Å². The summed E-state index contributed by atoms with van der Waals surface area (Å²) in [6.45, 7) is 1.99. The zero-order valence-electron chi connectivity index (χ0n) is 10.6. The molecule has 0 rings (SSSR count). The van der Waals surface area contributed by atoms with E-state index in [1.807, 2.05) is 0 Å². The Bertz CT molecular complexity index is 307. The molecule has 0 spiro atoms. The van der Waals surface area contributed by atoms with E-state index in [0.717, 1.165) is 7.11 Å². The first-order chi connectivity index (χ1) is 8.40. The molecule has 18 heavy (non-hydrogen) atoms. The van der Waals surface area contributed by atoms with Gasteiger partial charge in [0.1, 0.15) is 6.04 Å². The third-order valence-electron chi connectivity index (χ3n) is 2.00. The number of ether oxygens (including phenoxy) is 2. The summed E-state index contributed by atoms with van der Waals surface area (Å²) in [6.07, 6.45) is -0.433. The first-order valence-electron chi connectivity index (χ1n) is 5.26. The van der Waals surface area contributed by atoms with E-state index in [9.17, 15) is 14.4 Å². The van der Waals surface area contributed by atoms with Gasteiger partial charge in [0.2, 0.25) is 0 Å². The van der Waals surface area contributed by atoms with E-state index in [0.29, 0.717) is 6.61 Å². The quantitative estimate of drug-likeness (QED) is 0.525. The van der Waals surface area contributed by atoms with Crippen molar-refractivity contribution >= 4 is 18.0 Å². The van der Waals surface area contributed by atoms with Crippen molar-refractivity contribution in [1.29, 1.82) is 0 Å². The van der Waals surface area contributed by atoms with Gasteiger partial charge in [-0.2, -0.15) is 0 Å². The SMILES string of the molecule is COCC(C)NC(=O)N[C@@H](CC(=O)OC)C(=O)O. The zero-order chi connectivity index (χ0) is 14.1. The maximum atomic E-state index is 11.4. The summed E-state index contributed by atoms with van der Waals surface area (Å²) < 4.78 is 9.14. The maximum Gasteiger partial charge on any atom is 0.326 e. The Balaban J connectivity index is 4.28. The topological polar surface area (TPSA) is 114 Å². The molecule has 0 heterocycles. The second kappa shape index (κ2) is 8.29. The summed E-state index contributed by atoms with van der Waals surface area (Å²) in [7, 11) is 2.62. The van der Waals surface area contributed by atoms with Crippen molar-refractivity contribution < 1.29 is 29.0 Å². The molecule has 1 unspecified atom stereocenters. The highest BCUT2D eigenvalue weighted by Crippen LogP contribution is 1.95. The van der Waals surface area contributed by atoms with E-state index in [1.165, 1.54) is 7.11 Å². The largest absolute Gasteiger partial charge is 0.480 e. The molecule has 0 saturated carbocycles. The zero-order valence-corrected chi connectivity index (χ0v) is 10.6. The van der Waals surface area contributed by atoms with Crippen molar-refractivity contribution in [3.8, 4) is 0 Å². The number of hydrogen-bond acceptors (Lipinski definition) is 5. The normalized spacial score (nSPS) is 13.3. The predicted molar refractivity (Wildman–Crippen MR) is 61.1 cm³/mol. The van der Waals surface area contributed by atoms with Crippen LogP contribution in [0.2, 0.25) is 0 Å². The van der Waals surface area contributed by atoms with Gasteiger partial charge in [-0.1, -0.05) is 0 Å². The molecule has 0 aromatic carbocycles. The van der Waals surface area contributed by atoms with E-state index in [2.05, 4.69) is 15.4 Å². The molecule has 8 heteroatoms. The second-order valence-electron chi connectivity index (χ2n) is 3.65. The highest BCUT2D eigenvalue weighted by Gasteiger charge is 2.24. The standard InChI is InChI=1S/C10H18N2O6/c1-6(5-17-2)11-10(16)12-7(9(14)15)4-8(13)18-3/h6-7H,4-5H2,1-3H3,(H,14,15)(H2,11,12,16)/t6?,7-/m0/s1. The number of hydrogen-bond donors (Lipinski definition) is 3. The van der Waals surface area contributed by atoms with Gasteiger partial charge >= 0.3 is 18.0 Å². The Morgan fingerprint density at radius 3 is 2.28 bits per heavy atom. The smallest absolute Gasteiger partial charge is 0.326 e. The molecule has 2 amide bonds. The lowest BCUT2D eigenvalue weighted by Gasteiger charge is -2.17. The lowest BCUT2D eigenvalue weighted by molar-refractivity contribution is -0.147. The summed E-state index contributed by atoms with van der Waals surface area (Å²) in [5, 5.41) is 13.5. The number of esters is 1. The molecule has 0 aromatic rings. The Hall–Kier alpha value is -1.83.